The van der Waals surface area contributed by atoms with Gasteiger partial charge in [-0.25, -0.2) is 4.98 Å². The van der Waals surface area contributed by atoms with Gasteiger partial charge in [-0.05, 0) is 13.8 Å². The zero-order chi connectivity index (χ0) is 7.84. The minimum atomic E-state index is 0.258. The average Bonchev–Trinajstić information content (AvgIpc) is 2.34. The van der Waals surface area contributed by atoms with Crippen LogP contribution in [0.2, 0.25) is 0 Å². The van der Waals surface area contributed by atoms with Gasteiger partial charge >= 0.3 is 0 Å². The predicted molar refractivity (Wildman–Crippen MR) is 37.6 cm³/mol. The highest BCUT2D eigenvalue weighted by molar-refractivity contribution is 5.39. The van der Waals surface area contributed by atoms with E-state index < -0.39 is 0 Å². The smallest absolute Gasteiger partial charge is 0.263 e. The van der Waals surface area contributed by atoms with E-state index in [0.29, 0.717) is 17.5 Å². The molecular formula is C7H8N2O2. The van der Waals surface area contributed by atoms with Crippen LogP contribution in [0.15, 0.2) is 0 Å². The van der Waals surface area contributed by atoms with Gasteiger partial charge in [-0.2, -0.15) is 4.98 Å². The molecule has 0 saturated carbocycles. The molecule has 0 saturated heterocycles. The summed E-state index contributed by atoms with van der Waals surface area (Å²) in [7, 11) is 0. The number of hydrogen-bond donors (Lipinski definition) is 0. The first-order valence-electron chi connectivity index (χ1n) is 3.38. The molecule has 58 valence electrons. The van der Waals surface area contributed by atoms with Gasteiger partial charge in [-0.1, -0.05) is 0 Å². The molecule has 0 amide bonds. The summed E-state index contributed by atoms with van der Waals surface area (Å²) >= 11 is 0. The Morgan fingerprint density at radius 2 is 2.00 bits per heavy atom. The summed E-state index contributed by atoms with van der Waals surface area (Å²) < 4.78 is 10.2. The van der Waals surface area contributed by atoms with Crippen molar-refractivity contribution in [3.05, 3.63) is 11.5 Å². The molecule has 2 heterocycles. The van der Waals surface area contributed by atoms with Crippen molar-refractivity contribution in [1.29, 1.82) is 0 Å². The quantitative estimate of drug-likeness (QED) is 0.552. The van der Waals surface area contributed by atoms with E-state index in [2.05, 4.69) is 9.97 Å². The molecule has 1 aromatic heterocycles. The lowest BCUT2D eigenvalue weighted by atomic mass is 10.4. The highest BCUT2D eigenvalue weighted by Crippen LogP contribution is 2.31. The van der Waals surface area contributed by atoms with Crippen LogP contribution in [0, 0.1) is 13.8 Å². The molecule has 2 rings (SSSR count). The molecule has 0 aromatic carbocycles. The Balaban J connectivity index is 2.60. The number of aromatic nitrogens is 2. The lowest BCUT2D eigenvalue weighted by molar-refractivity contribution is 0.170. The van der Waals surface area contributed by atoms with Crippen molar-refractivity contribution < 1.29 is 9.47 Å². The Kier molecular flexibility index (Phi) is 1.21. The fraction of sp³-hybridized carbons (Fsp3) is 0.429. The Labute approximate surface area is 64.2 Å². The molecule has 1 aliphatic heterocycles. The second kappa shape index (κ2) is 2.08. The maximum atomic E-state index is 5.14. The first kappa shape index (κ1) is 6.39. The van der Waals surface area contributed by atoms with Gasteiger partial charge in [0.15, 0.2) is 0 Å². The fourth-order valence-corrected chi connectivity index (χ4v) is 1.08. The second-order valence-corrected chi connectivity index (χ2v) is 2.40. The monoisotopic (exact) mass is 152 g/mol. The van der Waals surface area contributed by atoms with Crippen LogP contribution < -0.4 is 9.47 Å². The molecule has 0 fully saturated rings. The van der Waals surface area contributed by atoms with E-state index in [0.717, 1.165) is 5.69 Å². The molecule has 0 aliphatic carbocycles. The molecule has 4 nitrogen and oxygen atoms in total. The molecule has 0 spiro atoms. The van der Waals surface area contributed by atoms with Crippen molar-refractivity contribution in [2.45, 2.75) is 13.8 Å². The average molecular weight is 152 g/mol. The van der Waals surface area contributed by atoms with Crippen molar-refractivity contribution >= 4 is 0 Å². The van der Waals surface area contributed by atoms with Gasteiger partial charge in [0, 0.05) is 0 Å². The standard InChI is InChI=1S/C7H8N2O2/c1-4-6-7(11-3-10-6)9-5(2)8-4/h3H2,1-2H3. The highest BCUT2D eigenvalue weighted by Gasteiger charge is 2.18. The molecule has 0 unspecified atom stereocenters. The van der Waals surface area contributed by atoms with Gasteiger partial charge in [0.05, 0.1) is 5.69 Å². The summed E-state index contributed by atoms with van der Waals surface area (Å²) in [5.41, 5.74) is 0.838. The van der Waals surface area contributed by atoms with Gasteiger partial charge in [0.1, 0.15) is 5.82 Å². The van der Waals surface area contributed by atoms with E-state index in [9.17, 15) is 0 Å². The van der Waals surface area contributed by atoms with E-state index in [1.807, 2.05) is 13.8 Å². The van der Waals surface area contributed by atoms with Crippen molar-refractivity contribution in [1.82, 2.24) is 9.97 Å². The summed E-state index contributed by atoms with van der Waals surface area (Å²) in [6.45, 7) is 3.96. The van der Waals surface area contributed by atoms with Crippen LogP contribution in [-0.2, 0) is 0 Å². The molecule has 1 aromatic rings. The normalized spacial score (nSPS) is 13.6. The van der Waals surface area contributed by atoms with E-state index in [4.69, 9.17) is 9.47 Å². The van der Waals surface area contributed by atoms with Gasteiger partial charge in [0.2, 0.25) is 12.5 Å². The first-order valence-corrected chi connectivity index (χ1v) is 3.38. The Morgan fingerprint density at radius 1 is 1.18 bits per heavy atom. The fourth-order valence-electron chi connectivity index (χ4n) is 1.08. The van der Waals surface area contributed by atoms with Gasteiger partial charge in [0.25, 0.3) is 5.88 Å². The molecule has 4 heteroatoms. The number of ether oxygens (including phenoxy) is 2. The summed E-state index contributed by atoms with van der Waals surface area (Å²) in [5.74, 6) is 1.96. The summed E-state index contributed by atoms with van der Waals surface area (Å²) in [4.78, 5) is 8.19. The van der Waals surface area contributed by atoms with E-state index in [1.54, 1.807) is 0 Å². The minimum Gasteiger partial charge on any atom is -0.450 e. The zero-order valence-electron chi connectivity index (χ0n) is 6.42. The summed E-state index contributed by atoms with van der Waals surface area (Å²) in [6, 6.07) is 0. The predicted octanol–water partition coefficient (Wildman–Crippen LogP) is 0.822. The summed E-state index contributed by atoms with van der Waals surface area (Å²) in [5, 5.41) is 0. The van der Waals surface area contributed by atoms with Crippen LogP contribution >= 0.6 is 0 Å². The highest BCUT2D eigenvalue weighted by atomic mass is 16.7. The molecule has 0 bridgehead atoms. The van der Waals surface area contributed by atoms with E-state index in [1.165, 1.54) is 0 Å². The maximum Gasteiger partial charge on any atom is 0.263 e. The Bertz CT molecular complexity index is 299. The molecule has 0 radical (unpaired) electrons. The van der Waals surface area contributed by atoms with Crippen molar-refractivity contribution in [2.24, 2.45) is 0 Å². The Morgan fingerprint density at radius 3 is 2.82 bits per heavy atom. The number of aryl methyl sites for hydroxylation is 2. The third kappa shape index (κ3) is 0.906. The van der Waals surface area contributed by atoms with Crippen LogP contribution in [-0.4, -0.2) is 16.8 Å². The minimum absolute atomic E-state index is 0.258. The number of hydrogen-bond acceptors (Lipinski definition) is 4. The Hall–Kier alpha value is -1.32. The first-order chi connectivity index (χ1) is 5.27. The second-order valence-electron chi connectivity index (χ2n) is 2.40. The van der Waals surface area contributed by atoms with Crippen molar-refractivity contribution in [3.63, 3.8) is 0 Å². The molecule has 0 atom stereocenters. The lowest BCUT2D eigenvalue weighted by Gasteiger charge is -1.98. The number of nitrogens with zero attached hydrogens (tertiary/aromatic N) is 2. The maximum absolute atomic E-state index is 5.14. The van der Waals surface area contributed by atoms with Crippen LogP contribution in [0.1, 0.15) is 11.5 Å². The third-order valence-corrected chi connectivity index (χ3v) is 1.51. The lowest BCUT2D eigenvalue weighted by Crippen LogP contribution is -1.93. The molecule has 0 N–H and O–H groups in total. The van der Waals surface area contributed by atoms with Gasteiger partial charge < -0.3 is 9.47 Å². The van der Waals surface area contributed by atoms with E-state index >= 15 is 0 Å². The third-order valence-electron chi connectivity index (χ3n) is 1.51. The van der Waals surface area contributed by atoms with Crippen LogP contribution in [0.25, 0.3) is 0 Å². The molecule has 1 aliphatic rings. The zero-order valence-corrected chi connectivity index (χ0v) is 6.42. The van der Waals surface area contributed by atoms with Crippen molar-refractivity contribution in [2.75, 3.05) is 6.79 Å². The van der Waals surface area contributed by atoms with Gasteiger partial charge in [-0.15, -0.1) is 0 Å². The van der Waals surface area contributed by atoms with Gasteiger partial charge in [-0.3, -0.25) is 0 Å². The number of rotatable bonds is 0. The number of fused-ring (bicyclic) bond motifs is 1. The van der Waals surface area contributed by atoms with Crippen LogP contribution in [0.4, 0.5) is 0 Å². The summed E-state index contributed by atoms with van der Waals surface area (Å²) in [6.07, 6.45) is 0. The molecular weight excluding hydrogens is 144 g/mol. The largest absolute Gasteiger partial charge is 0.450 e. The molecule has 11 heavy (non-hydrogen) atoms. The van der Waals surface area contributed by atoms with Crippen LogP contribution in [0.5, 0.6) is 11.6 Å². The van der Waals surface area contributed by atoms with Crippen molar-refractivity contribution in [3.8, 4) is 11.6 Å². The SMILES string of the molecule is Cc1nc(C)c2c(n1)OCO2. The topological polar surface area (TPSA) is 44.2 Å². The van der Waals surface area contributed by atoms with Crippen LogP contribution in [0.3, 0.4) is 0 Å². The van der Waals surface area contributed by atoms with E-state index in [-0.39, 0.29) is 6.79 Å².